The van der Waals surface area contributed by atoms with Gasteiger partial charge in [-0.2, -0.15) is 0 Å². The fourth-order valence-electron chi connectivity index (χ4n) is 1.85. The van der Waals surface area contributed by atoms with Gasteiger partial charge in [0, 0.05) is 5.41 Å². The first-order valence-electron chi connectivity index (χ1n) is 4.87. The van der Waals surface area contributed by atoms with Crippen molar-refractivity contribution in [3.63, 3.8) is 0 Å². The Kier molecular flexibility index (Phi) is 2.48. The summed E-state index contributed by atoms with van der Waals surface area (Å²) in [4.78, 5) is 4.56. The van der Waals surface area contributed by atoms with Crippen LogP contribution in [0.4, 0.5) is 8.78 Å². The van der Waals surface area contributed by atoms with Crippen LogP contribution in [-0.4, -0.2) is 6.61 Å². The summed E-state index contributed by atoms with van der Waals surface area (Å²) in [6.07, 6.45) is 1.59. The zero-order chi connectivity index (χ0) is 11.1. The second-order valence-corrected chi connectivity index (χ2v) is 4.17. The average molecular weight is 213 g/mol. The molecule has 2 rings (SSSR count). The van der Waals surface area contributed by atoms with Crippen molar-refractivity contribution < 1.29 is 13.6 Å². The summed E-state index contributed by atoms with van der Waals surface area (Å²) < 4.78 is 26.9. The number of hydrogen-bond acceptors (Lipinski definition) is 2. The molecule has 1 saturated carbocycles. The summed E-state index contributed by atoms with van der Waals surface area (Å²) in [7, 11) is 0. The molecule has 0 radical (unpaired) electrons. The summed E-state index contributed by atoms with van der Waals surface area (Å²) in [5.41, 5.74) is 0.310. The molecule has 0 bridgehead atoms. The number of hydrogen-bond donors (Lipinski definition) is 1. The minimum atomic E-state index is -0.395. The SMILES string of the molecule is Cc1cc(F)c(C2(CON)CC2)cc1F. The van der Waals surface area contributed by atoms with Gasteiger partial charge >= 0.3 is 0 Å². The quantitative estimate of drug-likeness (QED) is 0.781. The highest BCUT2D eigenvalue weighted by atomic mass is 19.1. The van der Waals surface area contributed by atoms with Crippen LogP contribution in [0.3, 0.4) is 0 Å². The van der Waals surface area contributed by atoms with Crippen molar-refractivity contribution in [2.75, 3.05) is 6.61 Å². The number of benzene rings is 1. The molecule has 0 amide bonds. The zero-order valence-corrected chi connectivity index (χ0v) is 8.52. The van der Waals surface area contributed by atoms with E-state index in [-0.39, 0.29) is 18.2 Å². The number of halogens is 2. The summed E-state index contributed by atoms with van der Waals surface area (Å²) in [5, 5.41) is 0. The lowest BCUT2D eigenvalue weighted by molar-refractivity contribution is 0.115. The normalized spacial score (nSPS) is 17.9. The molecule has 15 heavy (non-hydrogen) atoms. The van der Waals surface area contributed by atoms with Crippen LogP contribution in [0, 0.1) is 18.6 Å². The Bertz CT molecular complexity index is 388. The molecule has 0 aliphatic heterocycles. The monoisotopic (exact) mass is 213 g/mol. The lowest BCUT2D eigenvalue weighted by atomic mass is 9.95. The van der Waals surface area contributed by atoms with Crippen molar-refractivity contribution in [3.05, 3.63) is 34.9 Å². The van der Waals surface area contributed by atoms with Crippen molar-refractivity contribution in [1.29, 1.82) is 0 Å². The average Bonchev–Trinajstić information content (AvgIpc) is 2.93. The number of nitrogens with two attached hydrogens (primary N) is 1. The smallest absolute Gasteiger partial charge is 0.127 e. The van der Waals surface area contributed by atoms with Gasteiger partial charge in [0.25, 0.3) is 0 Å². The fraction of sp³-hybridized carbons (Fsp3) is 0.455. The molecule has 4 heteroatoms. The lowest BCUT2D eigenvalue weighted by Crippen LogP contribution is -2.20. The van der Waals surface area contributed by atoms with Gasteiger partial charge < -0.3 is 4.84 Å². The molecule has 1 aliphatic carbocycles. The van der Waals surface area contributed by atoms with E-state index in [0.717, 1.165) is 12.8 Å². The predicted molar refractivity (Wildman–Crippen MR) is 52.1 cm³/mol. The van der Waals surface area contributed by atoms with E-state index >= 15 is 0 Å². The highest BCUT2D eigenvalue weighted by Gasteiger charge is 2.46. The molecule has 1 aromatic rings. The summed E-state index contributed by atoms with van der Waals surface area (Å²) >= 11 is 0. The molecule has 1 fully saturated rings. The molecule has 2 nitrogen and oxygen atoms in total. The summed E-state index contributed by atoms with van der Waals surface area (Å²) in [6.45, 7) is 1.79. The maximum atomic E-state index is 13.6. The van der Waals surface area contributed by atoms with Gasteiger partial charge in [-0.05, 0) is 43.0 Å². The molecule has 1 aromatic carbocycles. The molecule has 0 aromatic heterocycles. The van der Waals surface area contributed by atoms with Gasteiger partial charge in [0.1, 0.15) is 11.6 Å². The van der Waals surface area contributed by atoms with Crippen molar-refractivity contribution in [2.45, 2.75) is 25.2 Å². The van der Waals surface area contributed by atoms with Crippen molar-refractivity contribution in [3.8, 4) is 0 Å². The van der Waals surface area contributed by atoms with E-state index in [1.165, 1.54) is 12.1 Å². The van der Waals surface area contributed by atoms with E-state index in [0.29, 0.717) is 11.1 Å². The van der Waals surface area contributed by atoms with Crippen LogP contribution in [0.15, 0.2) is 12.1 Å². The molecule has 1 aliphatic rings. The van der Waals surface area contributed by atoms with Crippen LogP contribution >= 0.6 is 0 Å². The molecular formula is C11H13F2NO. The third-order valence-corrected chi connectivity index (χ3v) is 3.03. The number of aryl methyl sites for hydroxylation is 1. The molecule has 0 unspecified atom stereocenters. The first kappa shape index (κ1) is 10.5. The van der Waals surface area contributed by atoms with Gasteiger partial charge in [0.2, 0.25) is 0 Å². The fourth-order valence-corrected chi connectivity index (χ4v) is 1.85. The van der Waals surface area contributed by atoms with E-state index in [9.17, 15) is 8.78 Å². The molecule has 0 spiro atoms. The van der Waals surface area contributed by atoms with Gasteiger partial charge in [0.05, 0.1) is 6.61 Å². The molecular weight excluding hydrogens is 200 g/mol. The molecule has 82 valence electrons. The molecule has 0 saturated heterocycles. The van der Waals surface area contributed by atoms with Crippen LogP contribution in [0.5, 0.6) is 0 Å². The third kappa shape index (κ3) is 1.75. The van der Waals surface area contributed by atoms with Gasteiger partial charge in [0.15, 0.2) is 0 Å². The molecule has 2 N–H and O–H groups in total. The maximum Gasteiger partial charge on any atom is 0.127 e. The highest BCUT2D eigenvalue weighted by molar-refractivity contribution is 5.35. The van der Waals surface area contributed by atoms with E-state index in [4.69, 9.17) is 5.90 Å². The largest absolute Gasteiger partial charge is 0.304 e. The topological polar surface area (TPSA) is 35.2 Å². The van der Waals surface area contributed by atoms with Crippen LogP contribution < -0.4 is 5.90 Å². The number of rotatable bonds is 3. The highest BCUT2D eigenvalue weighted by Crippen LogP contribution is 2.49. The van der Waals surface area contributed by atoms with Crippen molar-refractivity contribution >= 4 is 0 Å². The second-order valence-electron chi connectivity index (χ2n) is 4.17. The Morgan fingerprint density at radius 2 is 2.00 bits per heavy atom. The van der Waals surface area contributed by atoms with Crippen LogP contribution in [-0.2, 0) is 10.3 Å². The van der Waals surface area contributed by atoms with E-state index in [1.54, 1.807) is 6.92 Å². The summed E-state index contributed by atoms with van der Waals surface area (Å²) in [6, 6.07) is 2.48. The molecule has 0 heterocycles. The molecule has 0 atom stereocenters. The minimum absolute atomic E-state index is 0.242. The van der Waals surface area contributed by atoms with Gasteiger partial charge in [-0.25, -0.2) is 14.7 Å². The van der Waals surface area contributed by atoms with E-state index in [1.807, 2.05) is 0 Å². The predicted octanol–water partition coefficient (Wildman–Crippen LogP) is 2.20. The van der Waals surface area contributed by atoms with Crippen LogP contribution in [0.2, 0.25) is 0 Å². The summed E-state index contributed by atoms with van der Waals surface area (Å²) in [5.74, 6) is 4.24. The van der Waals surface area contributed by atoms with E-state index in [2.05, 4.69) is 4.84 Å². The van der Waals surface area contributed by atoms with Gasteiger partial charge in [-0.15, -0.1) is 0 Å². The van der Waals surface area contributed by atoms with Gasteiger partial charge in [-0.1, -0.05) is 0 Å². The Morgan fingerprint density at radius 3 is 2.53 bits per heavy atom. The van der Waals surface area contributed by atoms with Gasteiger partial charge in [-0.3, -0.25) is 0 Å². The van der Waals surface area contributed by atoms with Crippen molar-refractivity contribution in [1.82, 2.24) is 0 Å². The minimum Gasteiger partial charge on any atom is -0.304 e. The Labute approximate surface area is 87.0 Å². The Balaban J connectivity index is 2.40. The van der Waals surface area contributed by atoms with Crippen molar-refractivity contribution in [2.24, 2.45) is 5.90 Å². The maximum absolute atomic E-state index is 13.6. The first-order chi connectivity index (χ1) is 7.09. The first-order valence-corrected chi connectivity index (χ1v) is 4.87. The second kappa shape index (κ2) is 3.54. The third-order valence-electron chi connectivity index (χ3n) is 3.03. The van der Waals surface area contributed by atoms with Crippen LogP contribution in [0.1, 0.15) is 24.0 Å². The zero-order valence-electron chi connectivity index (χ0n) is 8.52. The standard InChI is InChI=1S/C11H13F2NO/c1-7-4-10(13)8(5-9(7)12)11(2-3-11)6-15-14/h4-5H,2-3,6,14H2,1H3. The lowest BCUT2D eigenvalue weighted by Gasteiger charge is -2.15. The van der Waals surface area contributed by atoms with Crippen LogP contribution in [0.25, 0.3) is 0 Å². The Hall–Kier alpha value is -1.00. The van der Waals surface area contributed by atoms with E-state index < -0.39 is 5.41 Å². The Morgan fingerprint density at radius 1 is 1.33 bits per heavy atom.